The van der Waals surface area contributed by atoms with Gasteiger partial charge in [-0.3, -0.25) is 19.8 Å². The number of benzene rings is 1. The number of nitrogens with zero attached hydrogens (tertiary/aromatic N) is 2. The van der Waals surface area contributed by atoms with Crippen LogP contribution >= 0.6 is 0 Å². The van der Waals surface area contributed by atoms with Crippen LogP contribution in [0.15, 0.2) is 36.4 Å². The van der Waals surface area contributed by atoms with Gasteiger partial charge < -0.3 is 10.2 Å². The topological polar surface area (TPSA) is 81.8 Å². The van der Waals surface area contributed by atoms with Crippen LogP contribution in [0, 0.1) is 0 Å². The summed E-state index contributed by atoms with van der Waals surface area (Å²) in [5.41, 5.74) is 1.18. The molecule has 2 aliphatic heterocycles. The number of nitrogens with one attached hydrogen (secondary N) is 2. The van der Waals surface area contributed by atoms with Gasteiger partial charge in [0.25, 0.3) is 5.91 Å². The summed E-state index contributed by atoms with van der Waals surface area (Å²) in [7, 11) is 0. The molecule has 1 unspecified atom stereocenters. The highest BCUT2D eigenvalue weighted by molar-refractivity contribution is 6.04. The van der Waals surface area contributed by atoms with Gasteiger partial charge in [-0.2, -0.15) is 0 Å². The second kappa shape index (κ2) is 8.62. The summed E-state index contributed by atoms with van der Waals surface area (Å²) in [4.78, 5) is 39.0. The lowest BCUT2D eigenvalue weighted by Gasteiger charge is -2.34. The average molecular weight is 356 g/mol. The molecule has 0 saturated carbocycles. The molecule has 1 aromatic carbocycles. The molecule has 7 heteroatoms. The van der Waals surface area contributed by atoms with Crippen molar-refractivity contribution < 1.29 is 14.4 Å². The van der Waals surface area contributed by atoms with Gasteiger partial charge >= 0.3 is 6.03 Å². The van der Waals surface area contributed by atoms with Gasteiger partial charge in [-0.25, -0.2) is 4.79 Å². The maximum absolute atomic E-state index is 12.3. The van der Waals surface area contributed by atoms with Crippen LogP contribution in [0.2, 0.25) is 0 Å². The van der Waals surface area contributed by atoms with Crippen LogP contribution in [0.25, 0.3) is 6.08 Å². The zero-order valence-electron chi connectivity index (χ0n) is 14.7. The molecule has 0 aliphatic carbocycles. The highest BCUT2D eigenvalue weighted by atomic mass is 16.2. The normalized spacial score (nSPS) is 21.1. The van der Waals surface area contributed by atoms with Crippen molar-refractivity contribution in [1.82, 2.24) is 20.4 Å². The number of carbonyl (C=O) groups excluding carboxylic acids is 3. The fourth-order valence-electron chi connectivity index (χ4n) is 3.17. The lowest BCUT2D eigenvalue weighted by molar-refractivity contribution is -0.133. The predicted molar refractivity (Wildman–Crippen MR) is 98.2 cm³/mol. The maximum atomic E-state index is 12.3. The van der Waals surface area contributed by atoms with Crippen molar-refractivity contribution in [2.45, 2.75) is 18.9 Å². The van der Waals surface area contributed by atoms with Crippen LogP contribution in [0.3, 0.4) is 0 Å². The molecule has 2 fully saturated rings. The van der Waals surface area contributed by atoms with Crippen molar-refractivity contribution in [2.24, 2.45) is 0 Å². The Kier molecular flexibility index (Phi) is 6.01. The molecule has 7 nitrogen and oxygen atoms in total. The van der Waals surface area contributed by atoms with E-state index < -0.39 is 12.1 Å². The van der Waals surface area contributed by atoms with Crippen molar-refractivity contribution in [2.75, 3.05) is 32.7 Å². The smallest absolute Gasteiger partial charge is 0.322 e. The minimum atomic E-state index is -0.587. The highest BCUT2D eigenvalue weighted by Crippen LogP contribution is 2.09. The summed E-state index contributed by atoms with van der Waals surface area (Å²) in [5.74, 6) is -0.309. The third-order valence-corrected chi connectivity index (χ3v) is 4.70. The first-order valence-corrected chi connectivity index (χ1v) is 8.95. The number of hydrogen-bond acceptors (Lipinski definition) is 4. The second-order valence-electron chi connectivity index (χ2n) is 6.55. The summed E-state index contributed by atoms with van der Waals surface area (Å²) < 4.78 is 0. The Balaban J connectivity index is 1.36. The molecule has 1 aromatic rings. The summed E-state index contributed by atoms with van der Waals surface area (Å²) >= 11 is 0. The minimum Gasteiger partial charge on any atom is -0.340 e. The number of amides is 4. The third-order valence-electron chi connectivity index (χ3n) is 4.70. The van der Waals surface area contributed by atoms with Crippen molar-refractivity contribution in [1.29, 1.82) is 0 Å². The summed E-state index contributed by atoms with van der Waals surface area (Å²) in [5, 5.41) is 4.70. The molecule has 0 spiro atoms. The molecular weight excluding hydrogens is 332 g/mol. The van der Waals surface area contributed by atoms with E-state index in [1.807, 2.05) is 23.1 Å². The van der Waals surface area contributed by atoms with Gasteiger partial charge in [-0.1, -0.05) is 42.5 Å². The Labute approximate surface area is 153 Å². The van der Waals surface area contributed by atoms with Crippen molar-refractivity contribution in [3.63, 3.8) is 0 Å². The molecule has 138 valence electrons. The van der Waals surface area contributed by atoms with E-state index in [1.165, 1.54) is 5.56 Å². The van der Waals surface area contributed by atoms with Crippen LogP contribution < -0.4 is 10.6 Å². The molecule has 2 aliphatic rings. The van der Waals surface area contributed by atoms with Crippen molar-refractivity contribution in [3.8, 4) is 0 Å². The molecule has 0 aromatic heterocycles. The molecule has 0 radical (unpaired) electrons. The van der Waals surface area contributed by atoms with Crippen LogP contribution in [-0.4, -0.2) is 66.4 Å². The van der Waals surface area contributed by atoms with Gasteiger partial charge in [-0.05, 0) is 12.0 Å². The third kappa shape index (κ3) is 4.92. The van der Waals surface area contributed by atoms with E-state index >= 15 is 0 Å². The lowest BCUT2D eigenvalue weighted by Crippen LogP contribution is -2.48. The van der Waals surface area contributed by atoms with Crippen molar-refractivity contribution >= 4 is 23.9 Å². The molecule has 26 heavy (non-hydrogen) atoms. The first-order valence-electron chi connectivity index (χ1n) is 8.95. The number of rotatable bonds is 6. The molecular formula is C19H24N4O3. The number of hydrogen-bond donors (Lipinski definition) is 2. The second-order valence-corrected chi connectivity index (χ2v) is 6.55. The SMILES string of the molecule is O=C1NC(=O)C(CCC(=O)N2CCN(C/C=C/c3ccccc3)CC2)N1. The Bertz CT molecular complexity index is 681. The summed E-state index contributed by atoms with van der Waals surface area (Å²) in [6.07, 6.45) is 4.87. The van der Waals surface area contributed by atoms with Gasteiger partial charge in [0.1, 0.15) is 6.04 Å². The highest BCUT2D eigenvalue weighted by Gasteiger charge is 2.30. The molecule has 2 heterocycles. The summed E-state index contributed by atoms with van der Waals surface area (Å²) in [6.45, 7) is 3.94. The first-order chi connectivity index (χ1) is 12.6. The lowest BCUT2D eigenvalue weighted by atomic mass is 10.1. The van der Waals surface area contributed by atoms with E-state index in [0.717, 1.165) is 19.6 Å². The minimum absolute atomic E-state index is 0.0402. The Morgan fingerprint density at radius 3 is 2.50 bits per heavy atom. The van der Waals surface area contributed by atoms with Gasteiger partial charge in [0, 0.05) is 39.1 Å². The van der Waals surface area contributed by atoms with Crippen LogP contribution in [0.5, 0.6) is 0 Å². The number of imide groups is 1. The largest absolute Gasteiger partial charge is 0.340 e. The standard InChI is InChI=1S/C19H24N4O3/c24-17(9-8-16-18(25)21-19(26)20-16)23-13-11-22(12-14-23)10-4-7-15-5-2-1-3-6-15/h1-7,16H,8-14H2,(H2,20,21,25,26)/b7-4+. The van der Waals surface area contributed by atoms with E-state index in [0.29, 0.717) is 19.5 Å². The van der Waals surface area contributed by atoms with Gasteiger partial charge in [-0.15, -0.1) is 0 Å². The molecule has 3 rings (SSSR count). The number of urea groups is 1. The first kappa shape index (κ1) is 18.1. The van der Waals surface area contributed by atoms with Gasteiger partial charge in [0.2, 0.25) is 5.91 Å². The summed E-state index contributed by atoms with van der Waals surface area (Å²) in [6, 6.07) is 9.11. The number of carbonyl (C=O) groups is 3. The van der Waals surface area contributed by atoms with Gasteiger partial charge in [0.05, 0.1) is 0 Å². The molecule has 0 bridgehead atoms. The van der Waals surface area contributed by atoms with E-state index in [4.69, 9.17) is 0 Å². The quantitative estimate of drug-likeness (QED) is 0.740. The molecule has 2 saturated heterocycles. The van der Waals surface area contributed by atoms with E-state index in [1.54, 1.807) is 0 Å². The fourth-order valence-corrected chi connectivity index (χ4v) is 3.17. The molecule has 4 amide bonds. The van der Waals surface area contributed by atoms with Crippen LogP contribution in [-0.2, 0) is 9.59 Å². The monoisotopic (exact) mass is 356 g/mol. The number of piperazine rings is 1. The zero-order valence-corrected chi connectivity index (χ0v) is 14.7. The van der Waals surface area contributed by atoms with E-state index in [-0.39, 0.29) is 18.2 Å². The van der Waals surface area contributed by atoms with Gasteiger partial charge in [0.15, 0.2) is 0 Å². The predicted octanol–water partition coefficient (Wildman–Crippen LogP) is 0.832. The average Bonchev–Trinajstić information content (AvgIpc) is 2.98. The Morgan fingerprint density at radius 1 is 1.12 bits per heavy atom. The van der Waals surface area contributed by atoms with Crippen molar-refractivity contribution in [3.05, 3.63) is 42.0 Å². The molecule has 1 atom stereocenters. The van der Waals surface area contributed by atoms with Crippen LogP contribution in [0.1, 0.15) is 18.4 Å². The fraction of sp³-hybridized carbons (Fsp3) is 0.421. The Morgan fingerprint density at radius 2 is 1.85 bits per heavy atom. The van der Waals surface area contributed by atoms with E-state index in [2.05, 4.69) is 39.8 Å². The van der Waals surface area contributed by atoms with Crippen LogP contribution in [0.4, 0.5) is 4.79 Å². The molecule has 2 N–H and O–H groups in total. The maximum Gasteiger partial charge on any atom is 0.322 e. The van der Waals surface area contributed by atoms with E-state index in [9.17, 15) is 14.4 Å². The Hall–Kier alpha value is -2.67. The zero-order chi connectivity index (χ0) is 18.4.